The Morgan fingerprint density at radius 1 is 1.14 bits per heavy atom. The summed E-state index contributed by atoms with van der Waals surface area (Å²) in [5, 5.41) is 6.38. The summed E-state index contributed by atoms with van der Waals surface area (Å²) in [6.45, 7) is 7.19. The molecule has 0 radical (unpaired) electrons. The van der Waals surface area contributed by atoms with Crippen LogP contribution < -0.4 is 10.6 Å². The highest BCUT2D eigenvalue weighted by Crippen LogP contribution is 2.26. The minimum absolute atomic E-state index is 0.00846. The maximum atomic E-state index is 12.5. The van der Waals surface area contributed by atoms with Crippen LogP contribution in [0.1, 0.15) is 56.6 Å². The summed E-state index contributed by atoms with van der Waals surface area (Å²) in [5.41, 5.74) is 2.92. The number of urea groups is 1. The molecule has 2 amide bonds. The van der Waals surface area contributed by atoms with E-state index in [4.69, 9.17) is 0 Å². The first-order valence-corrected chi connectivity index (χ1v) is 11.3. The highest BCUT2D eigenvalue weighted by atomic mass is 16.2. The molecule has 1 saturated carbocycles. The molecule has 1 aliphatic carbocycles. The number of carbonyl (C=O) groups is 1. The SMILES string of the molecule is CCC(CNC(=O)NC1CCN(C2CCCC2)C1)N1CCc2ccccc2C1. The minimum atomic E-state index is 0.00846. The van der Waals surface area contributed by atoms with E-state index < -0.39 is 0 Å². The van der Waals surface area contributed by atoms with Gasteiger partial charge in [-0.15, -0.1) is 0 Å². The molecule has 28 heavy (non-hydrogen) atoms. The Hall–Kier alpha value is -1.59. The molecule has 5 nitrogen and oxygen atoms in total. The van der Waals surface area contributed by atoms with Crippen molar-refractivity contribution >= 4 is 6.03 Å². The third-order valence-corrected chi connectivity index (χ3v) is 7.04. The third kappa shape index (κ3) is 4.69. The molecule has 0 aromatic heterocycles. The zero-order chi connectivity index (χ0) is 19.3. The molecular weight excluding hydrogens is 348 g/mol. The molecule has 1 aromatic carbocycles. The Balaban J connectivity index is 1.21. The molecule has 154 valence electrons. The lowest BCUT2D eigenvalue weighted by Gasteiger charge is -2.35. The van der Waals surface area contributed by atoms with E-state index in [1.54, 1.807) is 0 Å². The van der Waals surface area contributed by atoms with Gasteiger partial charge in [-0.25, -0.2) is 4.79 Å². The van der Waals surface area contributed by atoms with E-state index in [0.29, 0.717) is 12.1 Å². The van der Waals surface area contributed by atoms with Gasteiger partial charge in [0.15, 0.2) is 0 Å². The molecule has 2 heterocycles. The fourth-order valence-corrected chi connectivity index (χ4v) is 5.31. The van der Waals surface area contributed by atoms with E-state index in [1.807, 2.05) is 0 Å². The smallest absolute Gasteiger partial charge is 0.315 e. The Morgan fingerprint density at radius 2 is 1.93 bits per heavy atom. The van der Waals surface area contributed by atoms with Crippen LogP contribution >= 0.6 is 0 Å². The molecule has 5 heteroatoms. The van der Waals surface area contributed by atoms with E-state index in [1.165, 1.54) is 36.8 Å². The minimum Gasteiger partial charge on any atom is -0.337 e. The molecule has 2 atom stereocenters. The molecule has 2 aliphatic heterocycles. The average molecular weight is 385 g/mol. The molecule has 2 N–H and O–H groups in total. The third-order valence-electron chi connectivity index (χ3n) is 7.04. The standard InChI is InChI=1S/C23H36N4O/c1-2-21(26-13-11-18-7-3-4-8-19(18)16-26)15-24-23(28)25-20-12-14-27(17-20)22-9-5-6-10-22/h3-4,7-8,20-22H,2,5-6,9-17H2,1H3,(H2,24,25,28). The second-order valence-electron chi connectivity index (χ2n) is 8.82. The normalized spacial score (nSPS) is 24.8. The molecule has 1 aromatic rings. The van der Waals surface area contributed by atoms with Gasteiger partial charge in [0, 0.05) is 50.8 Å². The van der Waals surface area contributed by atoms with Crippen molar-refractivity contribution < 1.29 is 4.79 Å². The number of hydrogen-bond donors (Lipinski definition) is 2. The lowest BCUT2D eigenvalue weighted by molar-refractivity contribution is 0.168. The van der Waals surface area contributed by atoms with Crippen molar-refractivity contribution in [3.05, 3.63) is 35.4 Å². The second-order valence-corrected chi connectivity index (χ2v) is 8.82. The predicted octanol–water partition coefficient (Wildman–Crippen LogP) is 3.14. The van der Waals surface area contributed by atoms with E-state index >= 15 is 0 Å². The summed E-state index contributed by atoms with van der Waals surface area (Å²) in [6, 6.07) is 10.2. The van der Waals surface area contributed by atoms with Crippen LogP contribution in [0.15, 0.2) is 24.3 Å². The number of hydrogen-bond acceptors (Lipinski definition) is 3. The van der Waals surface area contributed by atoms with Crippen molar-refractivity contribution in [3.8, 4) is 0 Å². The van der Waals surface area contributed by atoms with Gasteiger partial charge in [0.25, 0.3) is 0 Å². The maximum Gasteiger partial charge on any atom is 0.315 e. The fraction of sp³-hybridized carbons (Fsp3) is 0.696. The van der Waals surface area contributed by atoms with Gasteiger partial charge in [-0.3, -0.25) is 9.80 Å². The molecular formula is C23H36N4O. The van der Waals surface area contributed by atoms with E-state index in [-0.39, 0.29) is 6.03 Å². The number of likely N-dealkylation sites (tertiary alicyclic amines) is 1. The van der Waals surface area contributed by atoms with Crippen molar-refractivity contribution in [1.82, 2.24) is 20.4 Å². The zero-order valence-electron chi connectivity index (χ0n) is 17.3. The van der Waals surface area contributed by atoms with Gasteiger partial charge >= 0.3 is 6.03 Å². The lowest BCUT2D eigenvalue weighted by atomic mass is 9.98. The van der Waals surface area contributed by atoms with Gasteiger partial charge in [0.1, 0.15) is 0 Å². The number of fused-ring (bicyclic) bond motifs is 1. The van der Waals surface area contributed by atoms with Crippen LogP contribution in [0.4, 0.5) is 4.79 Å². The average Bonchev–Trinajstić information content (AvgIpc) is 3.40. The van der Waals surface area contributed by atoms with Gasteiger partial charge in [-0.1, -0.05) is 44.0 Å². The molecule has 0 spiro atoms. The summed E-state index contributed by atoms with van der Waals surface area (Å²) >= 11 is 0. The molecule has 3 aliphatic rings. The van der Waals surface area contributed by atoms with Crippen LogP contribution in [0, 0.1) is 0 Å². The number of rotatable bonds is 6. The van der Waals surface area contributed by atoms with Gasteiger partial charge in [-0.05, 0) is 43.2 Å². The largest absolute Gasteiger partial charge is 0.337 e. The zero-order valence-corrected chi connectivity index (χ0v) is 17.3. The van der Waals surface area contributed by atoms with Crippen molar-refractivity contribution in [3.63, 3.8) is 0 Å². The first kappa shape index (κ1) is 19.7. The first-order valence-electron chi connectivity index (χ1n) is 11.3. The lowest BCUT2D eigenvalue weighted by Crippen LogP contribution is -2.50. The number of carbonyl (C=O) groups excluding carboxylic acids is 1. The molecule has 2 unspecified atom stereocenters. The summed E-state index contributed by atoms with van der Waals surface area (Å²) in [6.07, 6.45) is 8.69. The van der Waals surface area contributed by atoms with Crippen LogP contribution in [0.25, 0.3) is 0 Å². The summed E-state index contributed by atoms with van der Waals surface area (Å²) in [4.78, 5) is 17.6. The van der Waals surface area contributed by atoms with E-state index in [2.05, 4.69) is 51.6 Å². The molecule has 4 rings (SSSR count). The Bertz CT molecular complexity index is 658. The summed E-state index contributed by atoms with van der Waals surface area (Å²) in [5.74, 6) is 0. The van der Waals surface area contributed by atoms with Crippen LogP contribution in [0.2, 0.25) is 0 Å². The van der Waals surface area contributed by atoms with Gasteiger partial charge < -0.3 is 10.6 Å². The Labute approximate surface area is 169 Å². The molecule has 1 saturated heterocycles. The van der Waals surface area contributed by atoms with Gasteiger partial charge in [0.2, 0.25) is 0 Å². The topological polar surface area (TPSA) is 47.6 Å². The monoisotopic (exact) mass is 384 g/mol. The predicted molar refractivity (Wildman–Crippen MR) is 113 cm³/mol. The number of benzene rings is 1. The first-order chi connectivity index (χ1) is 13.7. The fourth-order valence-electron chi connectivity index (χ4n) is 5.31. The van der Waals surface area contributed by atoms with E-state index in [9.17, 15) is 4.79 Å². The molecule has 2 fully saturated rings. The van der Waals surface area contributed by atoms with Crippen LogP contribution in [0.3, 0.4) is 0 Å². The molecule has 0 bridgehead atoms. The van der Waals surface area contributed by atoms with Crippen LogP contribution in [0.5, 0.6) is 0 Å². The maximum absolute atomic E-state index is 12.5. The highest BCUT2D eigenvalue weighted by molar-refractivity contribution is 5.74. The Morgan fingerprint density at radius 3 is 2.71 bits per heavy atom. The van der Waals surface area contributed by atoms with Crippen molar-refractivity contribution in [2.24, 2.45) is 0 Å². The van der Waals surface area contributed by atoms with Crippen molar-refractivity contribution in [2.75, 3.05) is 26.2 Å². The summed E-state index contributed by atoms with van der Waals surface area (Å²) in [7, 11) is 0. The summed E-state index contributed by atoms with van der Waals surface area (Å²) < 4.78 is 0. The number of nitrogens with zero attached hydrogens (tertiary/aromatic N) is 2. The second kappa shape index (κ2) is 9.27. The highest BCUT2D eigenvalue weighted by Gasteiger charge is 2.30. The van der Waals surface area contributed by atoms with Crippen molar-refractivity contribution in [1.29, 1.82) is 0 Å². The van der Waals surface area contributed by atoms with Gasteiger partial charge in [0.05, 0.1) is 0 Å². The quantitative estimate of drug-likeness (QED) is 0.792. The van der Waals surface area contributed by atoms with Gasteiger partial charge in [-0.2, -0.15) is 0 Å². The Kier molecular flexibility index (Phi) is 6.53. The van der Waals surface area contributed by atoms with Crippen molar-refractivity contribution in [2.45, 2.75) is 76.5 Å². The van der Waals surface area contributed by atoms with E-state index in [0.717, 1.165) is 58.0 Å². The number of amides is 2. The van der Waals surface area contributed by atoms with Crippen LogP contribution in [-0.4, -0.2) is 60.1 Å². The van der Waals surface area contributed by atoms with Crippen LogP contribution in [-0.2, 0) is 13.0 Å². The number of nitrogens with one attached hydrogen (secondary N) is 2.